The van der Waals surface area contributed by atoms with Crippen LogP contribution >= 0.6 is 0 Å². The Hall–Kier alpha value is -4.21. The molecule has 0 unspecified atom stereocenters. The van der Waals surface area contributed by atoms with Crippen molar-refractivity contribution in [3.8, 4) is 16.9 Å². The molecule has 9 heteroatoms. The van der Waals surface area contributed by atoms with Gasteiger partial charge in [-0.3, -0.25) is 9.63 Å². The minimum Gasteiger partial charge on any atom is -0.307 e. The highest BCUT2D eigenvalue weighted by atomic mass is 19.2. The molecule has 40 heavy (non-hydrogen) atoms. The van der Waals surface area contributed by atoms with Crippen molar-refractivity contribution < 1.29 is 18.4 Å². The van der Waals surface area contributed by atoms with Crippen LogP contribution in [0.4, 0.5) is 8.78 Å². The second kappa shape index (κ2) is 10.7. The van der Waals surface area contributed by atoms with Gasteiger partial charge in [-0.05, 0) is 54.4 Å². The highest BCUT2D eigenvalue weighted by Crippen LogP contribution is 2.37. The molecule has 0 aliphatic carbocycles. The molecule has 0 spiro atoms. The standard InChI is InChI=1S/C31H29F2N5O2/c1-3-37-19-23(31(40-37)22-9-10-26(32)27(33)16-22)15-25(39)18-28-20(2)30(35-38(28)24-7-5-4-6-8-24)21-11-13-36-14-12-34-29(36)17-21/h4-14,16-17,23,31H,3,15,18-19H2,1-2H3/t23-,31+/m1/s1. The van der Waals surface area contributed by atoms with E-state index in [1.807, 2.05) is 77.8 Å². The fourth-order valence-electron chi connectivity index (χ4n) is 5.45. The van der Waals surface area contributed by atoms with Crippen LogP contribution < -0.4 is 0 Å². The summed E-state index contributed by atoms with van der Waals surface area (Å²) >= 11 is 0. The lowest BCUT2D eigenvalue weighted by molar-refractivity contribution is -0.146. The lowest BCUT2D eigenvalue weighted by Gasteiger charge is -2.18. The maximum absolute atomic E-state index is 14.0. The largest absolute Gasteiger partial charge is 0.307 e. The molecule has 0 bridgehead atoms. The topological polar surface area (TPSA) is 64.7 Å². The first-order valence-corrected chi connectivity index (χ1v) is 13.4. The summed E-state index contributed by atoms with van der Waals surface area (Å²) in [5.74, 6) is -2.01. The first kappa shape index (κ1) is 26.0. The summed E-state index contributed by atoms with van der Waals surface area (Å²) in [4.78, 5) is 24.0. The second-order valence-electron chi connectivity index (χ2n) is 10.1. The van der Waals surface area contributed by atoms with E-state index in [0.717, 1.165) is 46.0 Å². The molecule has 0 N–H and O–H groups in total. The SMILES string of the molecule is CCN1C[C@@H](CC(=O)Cc2c(C)c(-c3ccn4ccnc4c3)nn2-c2ccccc2)[C@H](c2ccc(F)c(F)c2)O1. The van der Waals surface area contributed by atoms with E-state index in [-0.39, 0.29) is 24.5 Å². The van der Waals surface area contributed by atoms with E-state index in [4.69, 9.17) is 9.94 Å². The number of hydrogen-bond acceptors (Lipinski definition) is 5. The van der Waals surface area contributed by atoms with Crippen LogP contribution in [0.3, 0.4) is 0 Å². The molecule has 0 radical (unpaired) electrons. The lowest BCUT2D eigenvalue weighted by atomic mass is 9.90. The van der Waals surface area contributed by atoms with Gasteiger partial charge in [-0.1, -0.05) is 31.2 Å². The summed E-state index contributed by atoms with van der Waals surface area (Å²) in [6.45, 7) is 5.09. The highest BCUT2D eigenvalue weighted by Gasteiger charge is 2.36. The summed E-state index contributed by atoms with van der Waals surface area (Å²) in [6, 6.07) is 17.5. The minimum absolute atomic E-state index is 0.0228. The van der Waals surface area contributed by atoms with Crippen LogP contribution in [-0.2, 0) is 16.1 Å². The molecular formula is C31H29F2N5O2. The van der Waals surface area contributed by atoms with Gasteiger partial charge in [-0.25, -0.2) is 18.4 Å². The number of hydrogen-bond donors (Lipinski definition) is 0. The molecule has 0 amide bonds. The smallest absolute Gasteiger partial charge is 0.159 e. The van der Waals surface area contributed by atoms with Gasteiger partial charge in [0.25, 0.3) is 0 Å². The zero-order valence-corrected chi connectivity index (χ0v) is 22.3. The van der Waals surface area contributed by atoms with Crippen molar-refractivity contribution >= 4 is 11.4 Å². The zero-order valence-electron chi connectivity index (χ0n) is 22.3. The van der Waals surface area contributed by atoms with E-state index < -0.39 is 17.7 Å². The van der Waals surface area contributed by atoms with E-state index >= 15 is 0 Å². The number of hydroxylamine groups is 2. The highest BCUT2D eigenvalue weighted by molar-refractivity contribution is 5.82. The van der Waals surface area contributed by atoms with Gasteiger partial charge in [0.2, 0.25) is 0 Å². The van der Waals surface area contributed by atoms with E-state index in [1.54, 1.807) is 11.3 Å². The average molecular weight is 542 g/mol. The number of nitrogens with zero attached hydrogens (tertiary/aromatic N) is 5. The van der Waals surface area contributed by atoms with Crippen molar-refractivity contribution in [1.82, 2.24) is 24.2 Å². The molecule has 1 aliphatic heterocycles. The van der Waals surface area contributed by atoms with Crippen LogP contribution in [0.2, 0.25) is 0 Å². The summed E-state index contributed by atoms with van der Waals surface area (Å²) in [5, 5.41) is 6.72. The fraction of sp³-hybridized carbons (Fsp3) is 0.258. The van der Waals surface area contributed by atoms with E-state index in [2.05, 4.69) is 4.98 Å². The van der Waals surface area contributed by atoms with Gasteiger partial charge in [0.1, 0.15) is 17.5 Å². The predicted molar refractivity (Wildman–Crippen MR) is 147 cm³/mol. The first-order chi connectivity index (χ1) is 19.4. The van der Waals surface area contributed by atoms with E-state index in [0.29, 0.717) is 18.7 Å². The predicted octanol–water partition coefficient (Wildman–Crippen LogP) is 5.90. The maximum Gasteiger partial charge on any atom is 0.159 e. The minimum atomic E-state index is -0.926. The number of para-hydroxylation sites is 1. The fourth-order valence-corrected chi connectivity index (χ4v) is 5.45. The van der Waals surface area contributed by atoms with Gasteiger partial charge in [-0.2, -0.15) is 10.2 Å². The Morgan fingerprint density at radius 1 is 1.05 bits per heavy atom. The normalized spacial score (nSPS) is 17.6. The van der Waals surface area contributed by atoms with Gasteiger partial charge in [0.05, 0.1) is 17.1 Å². The lowest BCUT2D eigenvalue weighted by Crippen LogP contribution is -2.20. The molecule has 7 nitrogen and oxygen atoms in total. The third-order valence-corrected chi connectivity index (χ3v) is 7.52. The average Bonchev–Trinajstić information content (AvgIpc) is 3.68. The van der Waals surface area contributed by atoms with Crippen LogP contribution in [0.25, 0.3) is 22.6 Å². The third-order valence-electron chi connectivity index (χ3n) is 7.52. The van der Waals surface area contributed by atoms with Gasteiger partial charge in [-0.15, -0.1) is 0 Å². The molecule has 4 heterocycles. The number of fused-ring (bicyclic) bond motifs is 1. The number of carbonyl (C=O) groups excluding carboxylic acids is 1. The van der Waals surface area contributed by atoms with Crippen molar-refractivity contribution in [3.05, 3.63) is 108 Å². The zero-order chi connectivity index (χ0) is 27.8. The molecule has 5 aromatic rings. The number of pyridine rings is 1. The van der Waals surface area contributed by atoms with Crippen LogP contribution in [0, 0.1) is 24.5 Å². The molecule has 1 fully saturated rings. The van der Waals surface area contributed by atoms with Gasteiger partial charge >= 0.3 is 0 Å². The maximum atomic E-state index is 14.0. The van der Waals surface area contributed by atoms with Crippen LogP contribution in [0.15, 0.2) is 79.3 Å². The van der Waals surface area contributed by atoms with Crippen LogP contribution in [0.5, 0.6) is 0 Å². The van der Waals surface area contributed by atoms with Crippen molar-refractivity contribution in [2.75, 3.05) is 13.1 Å². The van der Waals surface area contributed by atoms with Crippen molar-refractivity contribution in [1.29, 1.82) is 0 Å². The van der Waals surface area contributed by atoms with Crippen molar-refractivity contribution in [3.63, 3.8) is 0 Å². The number of carbonyl (C=O) groups is 1. The Balaban J connectivity index is 1.31. The quantitative estimate of drug-likeness (QED) is 0.245. The first-order valence-electron chi connectivity index (χ1n) is 13.4. The molecule has 6 rings (SSSR count). The summed E-state index contributed by atoms with van der Waals surface area (Å²) in [6.07, 6.45) is 5.45. The number of Topliss-reactive ketones (excluding diaryl/α,β-unsaturated/α-hetero) is 1. The third kappa shape index (κ3) is 4.94. The molecule has 1 saturated heterocycles. The molecule has 3 aromatic heterocycles. The van der Waals surface area contributed by atoms with Crippen molar-refractivity contribution in [2.45, 2.75) is 32.8 Å². The summed E-state index contributed by atoms with van der Waals surface area (Å²) in [5.41, 5.74) is 5.64. The number of ketones is 1. The summed E-state index contributed by atoms with van der Waals surface area (Å²) in [7, 11) is 0. The van der Waals surface area contributed by atoms with Gasteiger partial charge in [0.15, 0.2) is 11.6 Å². The Kier molecular flexibility index (Phi) is 7.00. The van der Waals surface area contributed by atoms with Crippen LogP contribution in [-0.4, -0.2) is 43.1 Å². The summed E-state index contributed by atoms with van der Waals surface area (Å²) < 4.78 is 31.4. The molecule has 2 atom stereocenters. The molecule has 204 valence electrons. The molecule has 0 saturated carbocycles. The number of benzene rings is 2. The number of imidazole rings is 1. The van der Waals surface area contributed by atoms with Gasteiger partial charge < -0.3 is 4.40 Å². The van der Waals surface area contributed by atoms with E-state index in [9.17, 15) is 13.6 Å². The van der Waals surface area contributed by atoms with Gasteiger partial charge in [0, 0.05) is 56.0 Å². The molecular weight excluding hydrogens is 512 g/mol. The second-order valence-corrected chi connectivity index (χ2v) is 10.1. The Morgan fingerprint density at radius 3 is 2.65 bits per heavy atom. The van der Waals surface area contributed by atoms with Crippen LogP contribution in [0.1, 0.15) is 36.3 Å². The molecule has 1 aliphatic rings. The Labute approximate surface area is 230 Å². The molecule has 2 aromatic carbocycles. The number of halogens is 2. The van der Waals surface area contributed by atoms with E-state index in [1.165, 1.54) is 6.07 Å². The monoisotopic (exact) mass is 541 g/mol. The number of rotatable bonds is 8. The Morgan fingerprint density at radius 2 is 1.88 bits per heavy atom. The van der Waals surface area contributed by atoms with Crippen molar-refractivity contribution in [2.24, 2.45) is 5.92 Å². The Bertz CT molecular complexity index is 1680. The number of aromatic nitrogens is 4.